The molecule has 0 heterocycles. The van der Waals surface area contributed by atoms with Crippen molar-refractivity contribution in [1.29, 1.82) is 0 Å². The Kier molecular flexibility index (Phi) is 16.2. The Morgan fingerprint density at radius 3 is 2.29 bits per heavy atom. The summed E-state index contributed by atoms with van der Waals surface area (Å²) in [4.78, 5) is 65.6. The maximum Gasteiger partial charge on any atom is 0.408 e. The number of alkyl carbamates (subject to hydrolysis) is 1. The Bertz CT molecular complexity index is 1040. The highest BCUT2D eigenvalue weighted by Gasteiger charge is 2.36. The quantitative estimate of drug-likeness (QED) is 0.172. The van der Waals surface area contributed by atoms with Gasteiger partial charge in [-0.25, -0.2) is 4.79 Å². The van der Waals surface area contributed by atoms with Crippen molar-refractivity contribution in [2.45, 2.75) is 111 Å². The molecule has 1 aromatic carbocycles. The molecule has 0 saturated carbocycles. The summed E-state index contributed by atoms with van der Waals surface area (Å²) in [6, 6.07) is 5.06. The van der Waals surface area contributed by atoms with E-state index in [2.05, 4.69) is 17.6 Å². The molecule has 1 rings (SSSR count). The first-order valence-electron chi connectivity index (χ1n) is 14.9. The number of unbranched alkanes of at least 4 members (excludes halogenated alkanes) is 4. The van der Waals surface area contributed by atoms with E-state index < -0.39 is 47.5 Å². The van der Waals surface area contributed by atoms with E-state index in [4.69, 9.17) is 15.2 Å². The number of carbonyl (C=O) groups is 5. The van der Waals surface area contributed by atoms with Gasteiger partial charge in [0.25, 0.3) is 0 Å². The van der Waals surface area contributed by atoms with Gasteiger partial charge in [0.15, 0.2) is 0 Å². The zero-order chi connectivity index (χ0) is 31.7. The Morgan fingerprint density at radius 2 is 1.69 bits per heavy atom. The topological polar surface area (TPSA) is 157 Å². The van der Waals surface area contributed by atoms with E-state index in [9.17, 15) is 24.0 Å². The van der Waals surface area contributed by atoms with Crippen LogP contribution in [-0.4, -0.2) is 66.0 Å². The normalized spacial score (nSPS) is 12.5. The largest absolute Gasteiger partial charge is 0.466 e. The van der Waals surface area contributed by atoms with E-state index in [1.165, 1.54) is 4.90 Å². The minimum atomic E-state index is -1.16. The second kappa shape index (κ2) is 18.7. The molecule has 0 fully saturated rings. The fourth-order valence-electron chi connectivity index (χ4n) is 4.38. The first kappa shape index (κ1) is 36.4. The second-order valence-corrected chi connectivity index (χ2v) is 11.3. The van der Waals surface area contributed by atoms with E-state index in [1.807, 2.05) is 19.1 Å². The lowest BCUT2D eigenvalue weighted by atomic mass is 9.99. The van der Waals surface area contributed by atoms with E-state index in [0.717, 1.165) is 31.2 Å². The molecule has 11 nitrogen and oxygen atoms in total. The summed E-state index contributed by atoms with van der Waals surface area (Å²) in [7, 11) is 0. The summed E-state index contributed by atoms with van der Waals surface area (Å²) in [6.45, 7) is 11.3. The van der Waals surface area contributed by atoms with Crippen LogP contribution in [0.4, 0.5) is 4.79 Å². The van der Waals surface area contributed by atoms with Gasteiger partial charge in [-0.1, -0.05) is 62.4 Å². The van der Waals surface area contributed by atoms with Crippen LogP contribution in [0, 0.1) is 6.92 Å². The summed E-state index contributed by atoms with van der Waals surface area (Å²) in [5.74, 6) is -2.08. The van der Waals surface area contributed by atoms with Gasteiger partial charge >= 0.3 is 12.1 Å². The lowest BCUT2D eigenvalue weighted by Gasteiger charge is -2.34. The number of amides is 4. The highest BCUT2D eigenvalue weighted by molar-refractivity contribution is 5.92. The Hall–Kier alpha value is -3.63. The molecule has 1 aromatic rings. The van der Waals surface area contributed by atoms with Crippen LogP contribution >= 0.6 is 0 Å². The van der Waals surface area contributed by atoms with Gasteiger partial charge in [0.05, 0.1) is 13.0 Å². The van der Waals surface area contributed by atoms with Crippen LogP contribution in [0.25, 0.3) is 0 Å². The number of nitrogens with two attached hydrogens (primary N) is 1. The summed E-state index contributed by atoms with van der Waals surface area (Å²) in [5, 5.41) is 5.37. The summed E-state index contributed by atoms with van der Waals surface area (Å²) >= 11 is 0. The number of primary amides is 1. The minimum absolute atomic E-state index is 0.0213. The van der Waals surface area contributed by atoms with Crippen molar-refractivity contribution in [3.63, 3.8) is 0 Å². The fourth-order valence-corrected chi connectivity index (χ4v) is 4.38. The summed E-state index contributed by atoms with van der Waals surface area (Å²) in [5.41, 5.74) is 6.04. The standard InChI is InChI=1S/C31H50N4O7/c1-7-9-10-11-12-20-35(29(39)24(16-17-25(32)36)34-30(40)42-31(4,5)6)27(23-15-13-14-22(3)21-23)28(38)33-19-18-26(37)41-8-2/h13-15,21,24,27H,7-12,16-20H2,1-6H3,(H2,32,36)(H,33,38)(H,34,40). The average molecular weight is 591 g/mol. The lowest BCUT2D eigenvalue weighted by Crippen LogP contribution is -2.53. The number of esters is 1. The van der Waals surface area contributed by atoms with Gasteiger partial charge in [0.2, 0.25) is 17.7 Å². The van der Waals surface area contributed by atoms with Gasteiger partial charge in [-0.05, 0) is 53.0 Å². The molecule has 4 N–H and O–H groups in total. The molecule has 0 aromatic heterocycles. The molecule has 0 bridgehead atoms. The molecule has 42 heavy (non-hydrogen) atoms. The van der Waals surface area contributed by atoms with Crippen molar-refractivity contribution < 1.29 is 33.4 Å². The molecule has 0 radical (unpaired) electrons. The van der Waals surface area contributed by atoms with Gasteiger partial charge in [0.1, 0.15) is 17.7 Å². The number of rotatable bonds is 18. The molecule has 0 aliphatic carbocycles. The van der Waals surface area contributed by atoms with Gasteiger partial charge in [-0.3, -0.25) is 19.2 Å². The third-order valence-electron chi connectivity index (χ3n) is 6.31. The SMILES string of the molecule is CCCCCCCN(C(=O)C(CCC(N)=O)NC(=O)OC(C)(C)C)C(C(=O)NCCC(=O)OCC)c1cccc(C)c1. The maximum absolute atomic E-state index is 14.2. The zero-order valence-corrected chi connectivity index (χ0v) is 26.1. The molecular formula is C31H50N4O7. The van der Waals surface area contributed by atoms with Gasteiger partial charge in [-0.2, -0.15) is 0 Å². The van der Waals surface area contributed by atoms with Crippen LogP contribution in [0.5, 0.6) is 0 Å². The lowest BCUT2D eigenvalue weighted by molar-refractivity contribution is -0.144. The molecule has 0 saturated heterocycles. The average Bonchev–Trinajstić information content (AvgIpc) is 2.88. The van der Waals surface area contributed by atoms with Crippen LogP contribution < -0.4 is 16.4 Å². The number of hydrogen-bond acceptors (Lipinski definition) is 7. The summed E-state index contributed by atoms with van der Waals surface area (Å²) in [6.07, 6.45) is 3.47. The predicted molar refractivity (Wildman–Crippen MR) is 160 cm³/mol. The molecule has 11 heteroatoms. The molecular weight excluding hydrogens is 540 g/mol. The number of ether oxygens (including phenoxy) is 2. The van der Waals surface area contributed by atoms with Crippen molar-refractivity contribution in [3.05, 3.63) is 35.4 Å². The summed E-state index contributed by atoms with van der Waals surface area (Å²) < 4.78 is 10.3. The highest BCUT2D eigenvalue weighted by atomic mass is 16.6. The van der Waals surface area contributed by atoms with Gasteiger partial charge in [0, 0.05) is 19.5 Å². The number of aryl methyl sites for hydroxylation is 1. The van der Waals surface area contributed by atoms with Crippen molar-refractivity contribution in [3.8, 4) is 0 Å². The maximum atomic E-state index is 14.2. The fraction of sp³-hybridized carbons (Fsp3) is 0.645. The smallest absolute Gasteiger partial charge is 0.408 e. The van der Waals surface area contributed by atoms with Crippen LogP contribution in [0.1, 0.15) is 103 Å². The van der Waals surface area contributed by atoms with Crippen LogP contribution in [0.15, 0.2) is 24.3 Å². The van der Waals surface area contributed by atoms with Crippen LogP contribution in [0.2, 0.25) is 0 Å². The first-order chi connectivity index (χ1) is 19.8. The number of nitrogens with zero attached hydrogens (tertiary/aromatic N) is 1. The molecule has 236 valence electrons. The molecule has 4 amide bonds. The first-order valence-corrected chi connectivity index (χ1v) is 14.9. The van der Waals surface area contributed by atoms with E-state index in [0.29, 0.717) is 12.0 Å². The molecule has 0 aliphatic heterocycles. The number of benzene rings is 1. The zero-order valence-electron chi connectivity index (χ0n) is 26.1. The van der Waals surface area contributed by atoms with E-state index >= 15 is 0 Å². The Labute approximate surface area is 250 Å². The van der Waals surface area contributed by atoms with Crippen LogP contribution in [-0.2, 0) is 28.7 Å². The van der Waals surface area contributed by atoms with Crippen LogP contribution in [0.3, 0.4) is 0 Å². The Morgan fingerprint density at radius 1 is 1.00 bits per heavy atom. The van der Waals surface area contributed by atoms with Crippen molar-refractivity contribution in [1.82, 2.24) is 15.5 Å². The molecule has 2 unspecified atom stereocenters. The van der Waals surface area contributed by atoms with Crippen molar-refractivity contribution in [2.75, 3.05) is 19.7 Å². The number of hydrogen-bond donors (Lipinski definition) is 3. The number of nitrogens with one attached hydrogen (secondary N) is 2. The highest BCUT2D eigenvalue weighted by Crippen LogP contribution is 2.25. The predicted octanol–water partition coefficient (Wildman–Crippen LogP) is 4.06. The van der Waals surface area contributed by atoms with Gasteiger partial charge < -0.3 is 30.7 Å². The molecule has 0 spiro atoms. The monoisotopic (exact) mass is 590 g/mol. The minimum Gasteiger partial charge on any atom is -0.466 e. The van der Waals surface area contributed by atoms with Crippen molar-refractivity contribution >= 4 is 29.8 Å². The van der Waals surface area contributed by atoms with E-state index in [-0.39, 0.29) is 39.0 Å². The van der Waals surface area contributed by atoms with E-state index in [1.54, 1.807) is 39.8 Å². The molecule has 2 atom stereocenters. The second-order valence-electron chi connectivity index (χ2n) is 11.3. The third kappa shape index (κ3) is 14.3. The number of carbonyl (C=O) groups excluding carboxylic acids is 5. The third-order valence-corrected chi connectivity index (χ3v) is 6.31. The van der Waals surface area contributed by atoms with Gasteiger partial charge in [-0.15, -0.1) is 0 Å². The molecule has 0 aliphatic rings. The van der Waals surface area contributed by atoms with Crippen molar-refractivity contribution in [2.24, 2.45) is 5.73 Å². The Balaban J connectivity index is 3.46.